The molecule has 7 nitrogen and oxygen atoms in total. The Morgan fingerprint density at radius 3 is 2.56 bits per heavy atom. The molecule has 0 unspecified atom stereocenters. The molecule has 3 rings (SSSR count). The highest BCUT2D eigenvalue weighted by Crippen LogP contribution is 2.28. The molecular weight excluding hydrogens is 346 g/mol. The molecule has 0 bridgehead atoms. The predicted molar refractivity (Wildman–Crippen MR) is 99.9 cm³/mol. The van der Waals surface area contributed by atoms with Crippen LogP contribution in [0.2, 0.25) is 0 Å². The lowest BCUT2D eigenvalue weighted by molar-refractivity contribution is 0.0932. The molecule has 3 aromatic rings. The van der Waals surface area contributed by atoms with Crippen LogP contribution >= 0.6 is 0 Å². The molecule has 1 heterocycles. The Bertz CT molecular complexity index is 952. The Balaban J connectivity index is 1.75. The van der Waals surface area contributed by atoms with Crippen molar-refractivity contribution in [3.63, 3.8) is 0 Å². The molecule has 0 fully saturated rings. The Morgan fingerprint density at radius 2 is 1.85 bits per heavy atom. The number of hydrogen-bond donors (Lipinski definition) is 1. The zero-order valence-corrected chi connectivity index (χ0v) is 15.6. The summed E-state index contributed by atoms with van der Waals surface area (Å²) in [7, 11) is 3.06. The van der Waals surface area contributed by atoms with E-state index in [1.165, 1.54) is 7.11 Å². The number of carbonyl (C=O) groups excluding carboxylic acids is 1. The average molecular weight is 367 g/mol. The summed E-state index contributed by atoms with van der Waals surface area (Å²) < 4.78 is 15.8. The Kier molecular flexibility index (Phi) is 5.40. The number of carbonyl (C=O) groups is 1. The predicted octanol–water partition coefficient (Wildman–Crippen LogP) is 3.55. The van der Waals surface area contributed by atoms with Crippen molar-refractivity contribution in [1.29, 1.82) is 0 Å². The van der Waals surface area contributed by atoms with Gasteiger partial charge in [0, 0.05) is 11.1 Å². The van der Waals surface area contributed by atoms with Crippen LogP contribution in [0.15, 0.2) is 47.0 Å². The monoisotopic (exact) mass is 367 g/mol. The zero-order chi connectivity index (χ0) is 19.4. The van der Waals surface area contributed by atoms with Crippen molar-refractivity contribution in [2.45, 2.75) is 19.9 Å². The van der Waals surface area contributed by atoms with Crippen molar-refractivity contribution in [3.8, 4) is 22.9 Å². The zero-order valence-electron chi connectivity index (χ0n) is 15.6. The summed E-state index contributed by atoms with van der Waals surface area (Å²) in [5, 5.41) is 6.87. The fourth-order valence-corrected chi connectivity index (χ4v) is 2.66. The van der Waals surface area contributed by atoms with Gasteiger partial charge in [-0.05, 0) is 37.6 Å². The molecule has 1 atom stereocenters. The van der Waals surface area contributed by atoms with Gasteiger partial charge in [-0.2, -0.15) is 4.98 Å². The number of ether oxygens (including phenoxy) is 2. The first-order chi connectivity index (χ1) is 13.0. The minimum atomic E-state index is -0.448. The molecule has 140 valence electrons. The van der Waals surface area contributed by atoms with Crippen molar-refractivity contribution in [3.05, 3.63) is 59.5 Å². The summed E-state index contributed by atoms with van der Waals surface area (Å²) in [4.78, 5) is 16.9. The summed E-state index contributed by atoms with van der Waals surface area (Å²) in [6, 6.07) is 12.3. The van der Waals surface area contributed by atoms with Gasteiger partial charge in [-0.3, -0.25) is 4.79 Å². The standard InChI is InChI=1S/C20H21N3O4/c1-12-7-5-6-8-15(12)18-22-20(27-23-18)13(2)21-19(24)14-9-10-16(25-3)17(11-14)26-4/h5-11,13H,1-4H3,(H,21,24)/t13-/m1/s1. The third kappa shape index (κ3) is 3.92. The van der Waals surface area contributed by atoms with E-state index in [1.54, 1.807) is 32.2 Å². The summed E-state index contributed by atoms with van der Waals surface area (Å²) in [6.07, 6.45) is 0. The van der Waals surface area contributed by atoms with Gasteiger partial charge in [0.25, 0.3) is 5.91 Å². The Hall–Kier alpha value is -3.35. The first-order valence-electron chi connectivity index (χ1n) is 8.46. The van der Waals surface area contributed by atoms with Crippen LogP contribution in [0.1, 0.15) is 34.8 Å². The molecule has 0 aliphatic carbocycles. The number of rotatable bonds is 6. The van der Waals surface area contributed by atoms with Crippen LogP contribution < -0.4 is 14.8 Å². The minimum Gasteiger partial charge on any atom is -0.493 e. The van der Waals surface area contributed by atoms with E-state index in [4.69, 9.17) is 14.0 Å². The molecule has 0 radical (unpaired) electrons. The molecule has 1 amide bonds. The van der Waals surface area contributed by atoms with Crippen LogP contribution in [0.5, 0.6) is 11.5 Å². The fraction of sp³-hybridized carbons (Fsp3) is 0.250. The topological polar surface area (TPSA) is 86.5 Å². The van der Waals surface area contributed by atoms with E-state index in [1.807, 2.05) is 31.2 Å². The number of nitrogens with zero attached hydrogens (tertiary/aromatic N) is 2. The highest BCUT2D eigenvalue weighted by atomic mass is 16.5. The number of nitrogens with one attached hydrogen (secondary N) is 1. The second kappa shape index (κ2) is 7.90. The summed E-state index contributed by atoms with van der Waals surface area (Å²) in [5.41, 5.74) is 2.39. The van der Waals surface area contributed by atoms with Crippen LogP contribution in [-0.2, 0) is 0 Å². The maximum Gasteiger partial charge on any atom is 0.252 e. The van der Waals surface area contributed by atoms with E-state index in [0.29, 0.717) is 28.8 Å². The molecule has 1 N–H and O–H groups in total. The molecule has 7 heteroatoms. The molecule has 2 aromatic carbocycles. The number of aryl methyl sites for hydroxylation is 1. The largest absolute Gasteiger partial charge is 0.493 e. The smallest absolute Gasteiger partial charge is 0.252 e. The maximum absolute atomic E-state index is 12.5. The van der Waals surface area contributed by atoms with Gasteiger partial charge in [0.05, 0.1) is 14.2 Å². The Labute approximate surface area is 157 Å². The lowest BCUT2D eigenvalue weighted by Crippen LogP contribution is -2.26. The van der Waals surface area contributed by atoms with Crippen LogP contribution in [0.3, 0.4) is 0 Å². The molecule has 27 heavy (non-hydrogen) atoms. The maximum atomic E-state index is 12.5. The molecule has 0 spiro atoms. The van der Waals surface area contributed by atoms with Gasteiger partial charge >= 0.3 is 0 Å². The van der Waals surface area contributed by atoms with Gasteiger partial charge in [-0.1, -0.05) is 29.4 Å². The van der Waals surface area contributed by atoms with Gasteiger partial charge in [-0.15, -0.1) is 0 Å². The van der Waals surface area contributed by atoms with Crippen LogP contribution in [0.4, 0.5) is 0 Å². The fourth-order valence-electron chi connectivity index (χ4n) is 2.66. The lowest BCUT2D eigenvalue weighted by atomic mass is 10.1. The highest BCUT2D eigenvalue weighted by molar-refractivity contribution is 5.95. The number of benzene rings is 2. The highest BCUT2D eigenvalue weighted by Gasteiger charge is 2.19. The molecule has 1 aromatic heterocycles. The summed E-state index contributed by atoms with van der Waals surface area (Å²) in [5.74, 6) is 1.59. The van der Waals surface area contributed by atoms with Crippen LogP contribution in [-0.4, -0.2) is 30.3 Å². The van der Waals surface area contributed by atoms with Crippen molar-refractivity contribution in [1.82, 2.24) is 15.5 Å². The van der Waals surface area contributed by atoms with Gasteiger partial charge < -0.3 is 19.3 Å². The Morgan fingerprint density at radius 1 is 1.11 bits per heavy atom. The van der Waals surface area contributed by atoms with E-state index in [-0.39, 0.29) is 5.91 Å². The molecule has 0 saturated carbocycles. The number of aromatic nitrogens is 2. The minimum absolute atomic E-state index is 0.279. The normalized spacial score (nSPS) is 11.7. The van der Waals surface area contributed by atoms with Crippen molar-refractivity contribution < 1.29 is 18.8 Å². The number of amides is 1. The molecule has 0 aliphatic rings. The van der Waals surface area contributed by atoms with Gasteiger partial charge in [0.2, 0.25) is 11.7 Å². The van der Waals surface area contributed by atoms with Gasteiger partial charge in [0.15, 0.2) is 11.5 Å². The van der Waals surface area contributed by atoms with Crippen LogP contribution in [0, 0.1) is 6.92 Å². The van der Waals surface area contributed by atoms with Crippen LogP contribution in [0.25, 0.3) is 11.4 Å². The molecule has 0 aliphatic heterocycles. The van der Waals surface area contributed by atoms with E-state index in [9.17, 15) is 4.79 Å². The average Bonchev–Trinajstić information content (AvgIpc) is 3.17. The van der Waals surface area contributed by atoms with E-state index in [2.05, 4.69) is 15.5 Å². The van der Waals surface area contributed by atoms with Crippen molar-refractivity contribution >= 4 is 5.91 Å². The third-order valence-corrected chi connectivity index (χ3v) is 4.19. The van der Waals surface area contributed by atoms with Crippen molar-refractivity contribution in [2.75, 3.05) is 14.2 Å². The van der Waals surface area contributed by atoms with E-state index < -0.39 is 6.04 Å². The van der Waals surface area contributed by atoms with Gasteiger partial charge in [0.1, 0.15) is 6.04 Å². The molecular formula is C20H21N3O4. The lowest BCUT2D eigenvalue weighted by Gasteiger charge is -2.12. The quantitative estimate of drug-likeness (QED) is 0.717. The SMILES string of the molecule is COc1ccc(C(=O)N[C@H](C)c2nc(-c3ccccc3C)no2)cc1OC. The van der Waals surface area contributed by atoms with E-state index >= 15 is 0 Å². The summed E-state index contributed by atoms with van der Waals surface area (Å²) >= 11 is 0. The van der Waals surface area contributed by atoms with Gasteiger partial charge in [-0.25, -0.2) is 0 Å². The third-order valence-electron chi connectivity index (χ3n) is 4.19. The van der Waals surface area contributed by atoms with Crippen molar-refractivity contribution in [2.24, 2.45) is 0 Å². The molecule has 0 saturated heterocycles. The van der Waals surface area contributed by atoms with E-state index in [0.717, 1.165) is 11.1 Å². The summed E-state index contributed by atoms with van der Waals surface area (Å²) in [6.45, 7) is 3.77. The second-order valence-electron chi connectivity index (χ2n) is 6.04. The first kappa shape index (κ1) is 18.4. The first-order valence-corrected chi connectivity index (χ1v) is 8.46. The second-order valence-corrected chi connectivity index (χ2v) is 6.04. The number of methoxy groups -OCH3 is 2. The number of hydrogen-bond acceptors (Lipinski definition) is 6.